The third-order valence-electron chi connectivity index (χ3n) is 4.36. The SMILES string of the molecule is CC(Oc1ccc(C(C)C)cc1)C(=O)N1CCN(C(=O)OCCCl)CC1. The summed E-state index contributed by atoms with van der Waals surface area (Å²) in [5.74, 6) is 1.33. The summed E-state index contributed by atoms with van der Waals surface area (Å²) in [6.07, 6.45) is -0.957. The maximum Gasteiger partial charge on any atom is 0.409 e. The van der Waals surface area contributed by atoms with Crippen molar-refractivity contribution in [2.24, 2.45) is 0 Å². The largest absolute Gasteiger partial charge is 0.481 e. The summed E-state index contributed by atoms with van der Waals surface area (Å²) < 4.78 is 10.8. The number of carbonyl (C=O) groups is 2. The first-order valence-corrected chi connectivity index (χ1v) is 9.49. The average Bonchev–Trinajstić information content (AvgIpc) is 2.66. The minimum absolute atomic E-state index is 0.0771. The summed E-state index contributed by atoms with van der Waals surface area (Å²) in [7, 11) is 0. The number of benzene rings is 1. The number of nitrogens with zero attached hydrogens (tertiary/aromatic N) is 2. The van der Waals surface area contributed by atoms with Crippen molar-refractivity contribution >= 4 is 23.6 Å². The van der Waals surface area contributed by atoms with Crippen molar-refractivity contribution in [1.82, 2.24) is 9.80 Å². The molecule has 0 spiro atoms. The second-order valence-electron chi connectivity index (χ2n) is 6.60. The van der Waals surface area contributed by atoms with E-state index in [-0.39, 0.29) is 24.5 Å². The summed E-state index contributed by atoms with van der Waals surface area (Å²) in [4.78, 5) is 27.7. The van der Waals surface area contributed by atoms with Crippen LogP contribution < -0.4 is 4.74 Å². The number of alkyl halides is 1. The third-order valence-corrected chi connectivity index (χ3v) is 4.51. The first kappa shape index (κ1) is 20.4. The van der Waals surface area contributed by atoms with Crippen LogP contribution >= 0.6 is 11.6 Å². The van der Waals surface area contributed by atoms with Gasteiger partial charge in [-0.3, -0.25) is 4.79 Å². The second-order valence-corrected chi connectivity index (χ2v) is 6.98. The van der Waals surface area contributed by atoms with Gasteiger partial charge in [0.1, 0.15) is 12.4 Å². The molecule has 1 fully saturated rings. The predicted molar refractivity (Wildman–Crippen MR) is 101 cm³/mol. The van der Waals surface area contributed by atoms with Crippen LogP contribution in [0.4, 0.5) is 4.79 Å². The third kappa shape index (κ3) is 5.53. The fourth-order valence-corrected chi connectivity index (χ4v) is 2.85. The Morgan fingerprint density at radius 2 is 1.62 bits per heavy atom. The molecule has 1 aliphatic heterocycles. The molecule has 144 valence electrons. The van der Waals surface area contributed by atoms with Crippen molar-refractivity contribution in [1.29, 1.82) is 0 Å². The van der Waals surface area contributed by atoms with E-state index in [1.165, 1.54) is 5.56 Å². The predicted octanol–water partition coefficient (Wildman–Crippen LogP) is 3.10. The Morgan fingerprint density at radius 3 is 2.15 bits per heavy atom. The van der Waals surface area contributed by atoms with E-state index in [9.17, 15) is 9.59 Å². The zero-order valence-electron chi connectivity index (χ0n) is 15.6. The van der Waals surface area contributed by atoms with Crippen molar-refractivity contribution in [2.75, 3.05) is 38.7 Å². The summed E-state index contributed by atoms with van der Waals surface area (Å²) in [6.45, 7) is 8.04. The number of rotatable bonds is 6. The van der Waals surface area contributed by atoms with Gasteiger partial charge < -0.3 is 19.3 Å². The quantitative estimate of drug-likeness (QED) is 0.709. The number of amides is 2. The highest BCUT2D eigenvalue weighted by molar-refractivity contribution is 6.18. The monoisotopic (exact) mass is 382 g/mol. The fourth-order valence-electron chi connectivity index (χ4n) is 2.77. The van der Waals surface area contributed by atoms with Gasteiger partial charge in [0.2, 0.25) is 0 Å². The van der Waals surface area contributed by atoms with Crippen LogP contribution in [-0.2, 0) is 9.53 Å². The lowest BCUT2D eigenvalue weighted by atomic mass is 10.0. The molecular formula is C19H27ClN2O4. The molecule has 0 saturated carbocycles. The zero-order chi connectivity index (χ0) is 19.1. The lowest BCUT2D eigenvalue weighted by Gasteiger charge is -2.35. The van der Waals surface area contributed by atoms with Gasteiger partial charge in [0.05, 0.1) is 5.88 Å². The van der Waals surface area contributed by atoms with Gasteiger partial charge >= 0.3 is 6.09 Å². The normalized spacial score (nSPS) is 15.7. The maximum absolute atomic E-state index is 12.6. The number of halogens is 1. The first-order valence-electron chi connectivity index (χ1n) is 8.95. The Kier molecular flexibility index (Phi) is 7.57. The molecule has 1 aliphatic rings. The number of hydrogen-bond acceptors (Lipinski definition) is 4. The molecule has 7 heteroatoms. The molecule has 1 heterocycles. The van der Waals surface area contributed by atoms with Crippen LogP contribution in [0.2, 0.25) is 0 Å². The Morgan fingerprint density at radius 1 is 1.04 bits per heavy atom. The number of ether oxygens (including phenoxy) is 2. The number of piperazine rings is 1. The van der Waals surface area contributed by atoms with Gasteiger partial charge in [-0.1, -0.05) is 26.0 Å². The second kappa shape index (κ2) is 9.67. The standard InChI is InChI=1S/C19H27ClN2O4/c1-14(2)16-4-6-17(7-5-16)26-15(3)18(23)21-9-11-22(12-10-21)19(24)25-13-8-20/h4-7,14-15H,8-13H2,1-3H3. The van der Waals surface area contributed by atoms with E-state index in [0.29, 0.717) is 37.8 Å². The van der Waals surface area contributed by atoms with Gasteiger partial charge in [0.25, 0.3) is 5.91 Å². The Labute approximate surface area is 160 Å². The van der Waals surface area contributed by atoms with E-state index >= 15 is 0 Å². The highest BCUT2D eigenvalue weighted by atomic mass is 35.5. The summed E-state index contributed by atoms with van der Waals surface area (Å²) in [6, 6.07) is 7.82. The van der Waals surface area contributed by atoms with Crippen molar-refractivity contribution in [3.05, 3.63) is 29.8 Å². The first-order chi connectivity index (χ1) is 12.4. The van der Waals surface area contributed by atoms with Gasteiger partial charge in [-0.25, -0.2) is 4.79 Å². The van der Waals surface area contributed by atoms with Gasteiger partial charge in [-0.2, -0.15) is 0 Å². The molecule has 0 aromatic heterocycles. The highest BCUT2D eigenvalue weighted by Crippen LogP contribution is 2.20. The van der Waals surface area contributed by atoms with E-state index in [1.807, 2.05) is 24.3 Å². The topological polar surface area (TPSA) is 59.1 Å². The van der Waals surface area contributed by atoms with Crippen LogP contribution in [0.25, 0.3) is 0 Å². The number of carbonyl (C=O) groups excluding carboxylic acids is 2. The molecule has 6 nitrogen and oxygen atoms in total. The Balaban J connectivity index is 1.82. The lowest BCUT2D eigenvalue weighted by Crippen LogP contribution is -2.53. The van der Waals surface area contributed by atoms with E-state index in [1.54, 1.807) is 16.7 Å². The molecule has 2 rings (SSSR count). The van der Waals surface area contributed by atoms with Crippen LogP contribution in [0.1, 0.15) is 32.3 Å². The smallest absolute Gasteiger partial charge is 0.409 e. The molecule has 1 atom stereocenters. The Hall–Kier alpha value is -1.95. The lowest BCUT2D eigenvalue weighted by molar-refractivity contribution is -0.139. The van der Waals surface area contributed by atoms with Gasteiger partial charge in [-0.15, -0.1) is 11.6 Å². The minimum atomic E-state index is -0.574. The number of hydrogen-bond donors (Lipinski definition) is 0. The molecule has 0 N–H and O–H groups in total. The minimum Gasteiger partial charge on any atom is -0.481 e. The van der Waals surface area contributed by atoms with Crippen molar-refractivity contribution in [3.8, 4) is 5.75 Å². The highest BCUT2D eigenvalue weighted by Gasteiger charge is 2.28. The molecule has 1 saturated heterocycles. The van der Waals surface area contributed by atoms with E-state index < -0.39 is 6.10 Å². The molecule has 0 bridgehead atoms. The maximum atomic E-state index is 12.6. The van der Waals surface area contributed by atoms with Crippen molar-refractivity contribution in [2.45, 2.75) is 32.8 Å². The molecule has 1 aromatic rings. The average molecular weight is 383 g/mol. The summed E-state index contributed by atoms with van der Waals surface area (Å²) in [5, 5.41) is 0. The fraction of sp³-hybridized carbons (Fsp3) is 0.579. The van der Waals surface area contributed by atoms with Crippen LogP contribution in [0, 0.1) is 0 Å². The van der Waals surface area contributed by atoms with Gasteiger partial charge in [0.15, 0.2) is 6.10 Å². The van der Waals surface area contributed by atoms with E-state index in [0.717, 1.165) is 0 Å². The molecular weight excluding hydrogens is 356 g/mol. The molecule has 2 amide bonds. The van der Waals surface area contributed by atoms with Crippen LogP contribution in [0.5, 0.6) is 5.75 Å². The molecule has 1 unspecified atom stereocenters. The Bertz CT molecular complexity index is 598. The summed E-state index contributed by atoms with van der Waals surface area (Å²) >= 11 is 5.51. The van der Waals surface area contributed by atoms with E-state index in [4.69, 9.17) is 21.1 Å². The van der Waals surface area contributed by atoms with Gasteiger partial charge in [-0.05, 0) is 30.5 Å². The van der Waals surface area contributed by atoms with Crippen LogP contribution in [0.3, 0.4) is 0 Å². The molecule has 0 radical (unpaired) electrons. The van der Waals surface area contributed by atoms with Crippen molar-refractivity contribution in [3.63, 3.8) is 0 Å². The van der Waals surface area contributed by atoms with Gasteiger partial charge in [0, 0.05) is 26.2 Å². The zero-order valence-corrected chi connectivity index (χ0v) is 16.4. The summed E-state index contributed by atoms with van der Waals surface area (Å²) in [5.41, 5.74) is 1.23. The van der Waals surface area contributed by atoms with Crippen LogP contribution in [0.15, 0.2) is 24.3 Å². The van der Waals surface area contributed by atoms with E-state index in [2.05, 4.69) is 13.8 Å². The van der Waals surface area contributed by atoms with Crippen molar-refractivity contribution < 1.29 is 19.1 Å². The molecule has 0 aliphatic carbocycles. The molecule has 1 aromatic carbocycles. The molecule has 26 heavy (non-hydrogen) atoms. The van der Waals surface area contributed by atoms with Crippen LogP contribution in [-0.4, -0.2) is 66.6 Å².